The summed E-state index contributed by atoms with van der Waals surface area (Å²) >= 11 is 0. The number of carbonyl (C=O) groups excluding carboxylic acids is 1. The van der Waals surface area contributed by atoms with Crippen molar-refractivity contribution in [1.82, 2.24) is 4.90 Å². The van der Waals surface area contributed by atoms with Gasteiger partial charge >= 0.3 is 0 Å². The van der Waals surface area contributed by atoms with Crippen LogP contribution in [0.25, 0.3) is 0 Å². The molecule has 1 rings (SSSR count). The van der Waals surface area contributed by atoms with E-state index >= 15 is 0 Å². The van der Waals surface area contributed by atoms with Crippen LogP contribution in [0.3, 0.4) is 0 Å². The quantitative estimate of drug-likeness (QED) is 0.869. The van der Waals surface area contributed by atoms with Crippen molar-refractivity contribution in [1.29, 1.82) is 0 Å². The number of carbonyl (C=O) groups is 1. The zero-order valence-electron chi connectivity index (χ0n) is 11.1. The number of hydrogen-bond acceptors (Lipinski definition) is 2. The first kappa shape index (κ1) is 13.7. The second-order valence-corrected chi connectivity index (χ2v) is 5.52. The average Bonchev–Trinajstić information content (AvgIpc) is 2.27. The maximum absolute atomic E-state index is 12.1. The van der Waals surface area contributed by atoms with Gasteiger partial charge in [0.25, 0.3) is 0 Å². The van der Waals surface area contributed by atoms with Gasteiger partial charge in [0.1, 0.15) is 0 Å². The van der Waals surface area contributed by atoms with Gasteiger partial charge in [-0.2, -0.15) is 0 Å². The van der Waals surface area contributed by atoms with Gasteiger partial charge in [-0.1, -0.05) is 51.1 Å². The van der Waals surface area contributed by atoms with Gasteiger partial charge < -0.3 is 10.6 Å². The smallest absolute Gasteiger partial charge is 0.240 e. The molecular formula is C14H22N2O. The average molecular weight is 234 g/mol. The molecule has 1 amide bonds. The van der Waals surface area contributed by atoms with Gasteiger partial charge in [-0.05, 0) is 11.0 Å². The molecule has 0 aliphatic carbocycles. The first-order chi connectivity index (χ1) is 7.82. The van der Waals surface area contributed by atoms with Crippen molar-refractivity contribution >= 4 is 5.91 Å². The van der Waals surface area contributed by atoms with Crippen LogP contribution in [0.5, 0.6) is 0 Å². The minimum Gasteiger partial charge on any atom is -0.340 e. The highest BCUT2D eigenvalue weighted by atomic mass is 16.2. The Hall–Kier alpha value is -1.35. The molecule has 17 heavy (non-hydrogen) atoms. The summed E-state index contributed by atoms with van der Waals surface area (Å²) in [5, 5.41) is 0. The van der Waals surface area contributed by atoms with Crippen LogP contribution in [0.2, 0.25) is 0 Å². The molecule has 0 spiro atoms. The van der Waals surface area contributed by atoms with E-state index in [1.807, 2.05) is 51.1 Å². The number of hydrogen-bond donors (Lipinski definition) is 1. The summed E-state index contributed by atoms with van der Waals surface area (Å²) in [6.07, 6.45) is 0. The normalized spacial score (nSPS) is 13.2. The summed E-state index contributed by atoms with van der Waals surface area (Å²) in [6, 6.07) is 9.45. The summed E-state index contributed by atoms with van der Waals surface area (Å²) < 4.78 is 0. The second-order valence-electron chi connectivity index (χ2n) is 5.52. The fourth-order valence-corrected chi connectivity index (χ4v) is 1.54. The van der Waals surface area contributed by atoms with Crippen LogP contribution >= 0.6 is 0 Å². The maximum atomic E-state index is 12.1. The Morgan fingerprint density at radius 1 is 1.29 bits per heavy atom. The standard InChI is InChI=1S/C14H22N2O/c1-14(2,3)12(15)13(17)16(4)10-11-8-6-5-7-9-11/h5-9,12H,10,15H2,1-4H3/t12-/m0/s1. The van der Waals surface area contributed by atoms with Crippen LogP contribution in [-0.2, 0) is 11.3 Å². The molecule has 0 saturated carbocycles. The monoisotopic (exact) mass is 234 g/mol. The Kier molecular flexibility index (Phi) is 4.29. The van der Waals surface area contributed by atoms with Crippen molar-refractivity contribution < 1.29 is 4.79 Å². The van der Waals surface area contributed by atoms with Gasteiger partial charge in [-0.15, -0.1) is 0 Å². The van der Waals surface area contributed by atoms with Gasteiger partial charge in [-0.25, -0.2) is 0 Å². The molecule has 0 heterocycles. The molecule has 0 saturated heterocycles. The van der Waals surface area contributed by atoms with Crippen LogP contribution in [0.4, 0.5) is 0 Å². The number of amides is 1. The van der Waals surface area contributed by atoms with Crippen molar-refractivity contribution in [2.45, 2.75) is 33.4 Å². The van der Waals surface area contributed by atoms with E-state index in [0.29, 0.717) is 6.54 Å². The highest BCUT2D eigenvalue weighted by Crippen LogP contribution is 2.19. The van der Waals surface area contributed by atoms with Gasteiger partial charge in [0.05, 0.1) is 6.04 Å². The van der Waals surface area contributed by atoms with E-state index < -0.39 is 6.04 Å². The van der Waals surface area contributed by atoms with Crippen LogP contribution < -0.4 is 5.73 Å². The SMILES string of the molecule is CN(Cc1ccccc1)C(=O)[C@H](N)C(C)(C)C. The van der Waals surface area contributed by atoms with E-state index in [2.05, 4.69) is 0 Å². The summed E-state index contributed by atoms with van der Waals surface area (Å²) in [5.41, 5.74) is 6.87. The highest BCUT2D eigenvalue weighted by molar-refractivity contribution is 5.82. The molecule has 3 heteroatoms. The van der Waals surface area contributed by atoms with Crippen LogP contribution in [0.15, 0.2) is 30.3 Å². The lowest BCUT2D eigenvalue weighted by Gasteiger charge is -2.30. The molecule has 1 atom stereocenters. The van der Waals surface area contributed by atoms with E-state index in [1.54, 1.807) is 11.9 Å². The van der Waals surface area contributed by atoms with Crippen molar-refractivity contribution in [3.05, 3.63) is 35.9 Å². The van der Waals surface area contributed by atoms with E-state index in [1.165, 1.54) is 0 Å². The lowest BCUT2D eigenvalue weighted by atomic mass is 9.86. The van der Waals surface area contributed by atoms with Crippen LogP contribution in [-0.4, -0.2) is 23.9 Å². The van der Waals surface area contributed by atoms with E-state index in [0.717, 1.165) is 5.56 Å². The molecule has 3 nitrogen and oxygen atoms in total. The minimum absolute atomic E-state index is 0.0126. The Bertz CT molecular complexity index is 368. The largest absolute Gasteiger partial charge is 0.340 e. The topological polar surface area (TPSA) is 46.3 Å². The number of benzene rings is 1. The predicted molar refractivity (Wildman–Crippen MR) is 70.3 cm³/mol. The third-order valence-corrected chi connectivity index (χ3v) is 2.84. The second kappa shape index (κ2) is 5.32. The zero-order chi connectivity index (χ0) is 13.1. The van der Waals surface area contributed by atoms with Crippen molar-refractivity contribution in [3.63, 3.8) is 0 Å². The van der Waals surface area contributed by atoms with Gasteiger partial charge in [0, 0.05) is 13.6 Å². The Morgan fingerprint density at radius 2 is 1.82 bits per heavy atom. The number of rotatable bonds is 3. The molecule has 94 valence electrons. The summed E-state index contributed by atoms with van der Waals surface area (Å²) in [7, 11) is 1.79. The van der Waals surface area contributed by atoms with E-state index in [-0.39, 0.29) is 11.3 Å². The third-order valence-electron chi connectivity index (χ3n) is 2.84. The lowest BCUT2D eigenvalue weighted by molar-refractivity contribution is -0.134. The first-order valence-corrected chi connectivity index (χ1v) is 5.87. The molecule has 2 N–H and O–H groups in total. The number of nitrogens with two attached hydrogens (primary N) is 1. The molecule has 1 aromatic carbocycles. The molecule has 0 aliphatic rings. The molecule has 0 bridgehead atoms. The Labute approximate surface area is 104 Å². The molecule has 0 aromatic heterocycles. The van der Waals surface area contributed by atoms with Crippen molar-refractivity contribution in [3.8, 4) is 0 Å². The van der Waals surface area contributed by atoms with Crippen molar-refractivity contribution in [2.75, 3.05) is 7.05 Å². The number of likely N-dealkylation sites (N-methyl/N-ethyl adjacent to an activating group) is 1. The molecule has 1 aromatic rings. The lowest BCUT2D eigenvalue weighted by Crippen LogP contribution is -2.48. The third kappa shape index (κ3) is 3.86. The van der Waals surface area contributed by atoms with Gasteiger partial charge in [0.2, 0.25) is 5.91 Å². The Balaban J connectivity index is 2.65. The Morgan fingerprint density at radius 3 is 2.29 bits per heavy atom. The van der Waals surface area contributed by atoms with E-state index in [4.69, 9.17) is 5.73 Å². The molecule has 0 aliphatic heterocycles. The molecule has 0 fully saturated rings. The maximum Gasteiger partial charge on any atom is 0.240 e. The molecule has 0 radical (unpaired) electrons. The fourth-order valence-electron chi connectivity index (χ4n) is 1.54. The van der Waals surface area contributed by atoms with Gasteiger partial charge in [-0.3, -0.25) is 4.79 Å². The summed E-state index contributed by atoms with van der Waals surface area (Å²) in [6.45, 7) is 6.53. The minimum atomic E-state index is -0.462. The predicted octanol–water partition coefficient (Wildman–Crippen LogP) is 2.02. The first-order valence-electron chi connectivity index (χ1n) is 5.87. The van der Waals surface area contributed by atoms with Crippen LogP contribution in [0.1, 0.15) is 26.3 Å². The zero-order valence-corrected chi connectivity index (χ0v) is 11.1. The van der Waals surface area contributed by atoms with Gasteiger partial charge in [0.15, 0.2) is 0 Å². The highest BCUT2D eigenvalue weighted by Gasteiger charge is 2.29. The molecule has 0 unspecified atom stereocenters. The summed E-state index contributed by atoms with van der Waals surface area (Å²) in [4.78, 5) is 13.8. The van der Waals surface area contributed by atoms with Crippen LogP contribution in [0, 0.1) is 5.41 Å². The van der Waals surface area contributed by atoms with E-state index in [9.17, 15) is 4.79 Å². The molecular weight excluding hydrogens is 212 g/mol. The number of nitrogens with zero attached hydrogens (tertiary/aromatic N) is 1. The summed E-state index contributed by atoms with van der Waals surface area (Å²) in [5.74, 6) is -0.0126. The fraction of sp³-hybridized carbons (Fsp3) is 0.500. The van der Waals surface area contributed by atoms with Crippen molar-refractivity contribution in [2.24, 2.45) is 11.1 Å².